The summed E-state index contributed by atoms with van der Waals surface area (Å²) in [5, 5.41) is 4.45. The summed E-state index contributed by atoms with van der Waals surface area (Å²) in [6.07, 6.45) is 1.75. The molecule has 5 nitrogen and oxygen atoms in total. The Bertz CT molecular complexity index is 1410. The molecule has 2 aromatic heterocycles. The van der Waals surface area contributed by atoms with Crippen molar-refractivity contribution in [2.45, 2.75) is 25.9 Å². The number of halogens is 2. The van der Waals surface area contributed by atoms with E-state index in [-0.39, 0.29) is 17.9 Å². The first kappa shape index (κ1) is 23.3. The minimum absolute atomic E-state index is 0.279. The number of aromatic nitrogens is 2. The maximum atomic E-state index is 15.0. The van der Waals surface area contributed by atoms with Crippen molar-refractivity contribution in [3.8, 4) is 11.4 Å². The van der Waals surface area contributed by atoms with Crippen LogP contribution in [-0.2, 0) is 0 Å². The molecule has 5 rings (SSSR count). The van der Waals surface area contributed by atoms with Crippen molar-refractivity contribution < 1.29 is 9.13 Å². The summed E-state index contributed by atoms with van der Waals surface area (Å²) >= 11 is 12.1. The second kappa shape index (κ2) is 9.32. The molecule has 1 saturated heterocycles. The van der Waals surface area contributed by atoms with Crippen LogP contribution in [0.15, 0.2) is 72.9 Å². The highest BCUT2D eigenvalue weighted by atomic mass is 35.5. The predicted molar refractivity (Wildman–Crippen MR) is 141 cm³/mol. The maximum Gasteiger partial charge on any atom is 0.174 e. The molecule has 2 aromatic carbocycles. The largest absolute Gasteiger partial charge is 0.495 e. The number of nitrogens with zero attached hydrogens (tertiary/aromatic N) is 3. The molecular formula is C27H24ClFN4OS. The monoisotopic (exact) mass is 506 g/mol. The van der Waals surface area contributed by atoms with Gasteiger partial charge in [0.25, 0.3) is 0 Å². The Morgan fingerprint density at radius 3 is 2.51 bits per heavy atom. The molecule has 35 heavy (non-hydrogen) atoms. The highest BCUT2D eigenvalue weighted by Gasteiger charge is 2.43. The number of para-hydroxylation sites is 1. The molecule has 0 amide bonds. The van der Waals surface area contributed by atoms with E-state index < -0.39 is 0 Å². The average molecular weight is 507 g/mol. The first-order valence-corrected chi connectivity index (χ1v) is 12.0. The van der Waals surface area contributed by atoms with Crippen molar-refractivity contribution in [1.29, 1.82) is 0 Å². The van der Waals surface area contributed by atoms with Gasteiger partial charge in [0, 0.05) is 22.6 Å². The van der Waals surface area contributed by atoms with Crippen LogP contribution >= 0.6 is 23.8 Å². The Balaban J connectivity index is 1.72. The molecule has 0 saturated carbocycles. The van der Waals surface area contributed by atoms with E-state index in [2.05, 4.69) is 20.9 Å². The smallest absolute Gasteiger partial charge is 0.174 e. The number of pyridine rings is 1. The van der Waals surface area contributed by atoms with Crippen LogP contribution in [0.25, 0.3) is 5.69 Å². The van der Waals surface area contributed by atoms with E-state index in [0.29, 0.717) is 21.6 Å². The van der Waals surface area contributed by atoms with Gasteiger partial charge in [-0.3, -0.25) is 4.98 Å². The molecule has 4 aromatic rings. The average Bonchev–Trinajstić information content (AvgIpc) is 3.35. The minimum Gasteiger partial charge on any atom is -0.495 e. The first-order chi connectivity index (χ1) is 16.9. The van der Waals surface area contributed by atoms with Crippen molar-refractivity contribution in [2.75, 3.05) is 12.0 Å². The van der Waals surface area contributed by atoms with Gasteiger partial charge in [-0.05, 0) is 80.2 Å². The highest BCUT2D eigenvalue weighted by molar-refractivity contribution is 7.80. The third kappa shape index (κ3) is 4.05. The molecule has 0 spiro atoms. The van der Waals surface area contributed by atoms with Crippen LogP contribution in [0.4, 0.5) is 10.1 Å². The van der Waals surface area contributed by atoms with Gasteiger partial charge in [-0.1, -0.05) is 29.8 Å². The maximum absolute atomic E-state index is 15.0. The molecule has 2 atom stereocenters. The Hall–Kier alpha value is -3.42. The number of rotatable bonds is 5. The number of hydrogen-bond donors (Lipinski definition) is 1. The van der Waals surface area contributed by atoms with Crippen molar-refractivity contribution in [1.82, 2.24) is 14.9 Å². The van der Waals surface area contributed by atoms with Crippen LogP contribution in [0.3, 0.4) is 0 Å². The SMILES string of the molecule is COc1ccc(Cl)cc1-n1c(C)cc([C@H]2[C@H](c3ccccn3)NC(=S)N2c2ccccc2F)c1C. The zero-order valence-corrected chi connectivity index (χ0v) is 21.1. The van der Waals surface area contributed by atoms with Gasteiger partial charge in [0.2, 0.25) is 0 Å². The lowest BCUT2D eigenvalue weighted by Crippen LogP contribution is -2.30. The van der Waals surface area contributed by atoms with E-state index in [1.807, 2.05) is 55.1 Å². The molecule has 178 valence electrons. The Labute approximate surface area is 214 Å². The van der Waals surface area contributed by atoms with Crippen molar-refractivity contribution in [3.05, 3.63) is 106 Å². The molecule has 0 radical (unpaired) electrons. The molecule has 3 heterocycles. The molecule has 8 heteroatoms. The summed E-state index contributed by atoms with van der Waals surface area (Å²) in [6, 6.07) is 19.5. The van der Waals surface area contributed by atoms with Gasteiger partial charge in [0.15, 0.2) is 5.11 Å². The molecule has 0 bridgehead atoms. The lowest BCUT2D eigenvalue weighted by Gasteiger charge is -2.28. The fraction of sp³-hybridized carbons (Fsp3) is 0.185. The number of nitrogens with one attached hydrogen (secondary N) is 1. The second-order valence-electron chi connectivity index (χ2n) is 8.43. The second-order valence-corrected chi connectivity index (χ2v) is 9.25. The zero-order chi connectivity index (χ0) is 24.7. The number of benzene rings is 2. The number of thiocarbonyl (C=S) groups is 1. The molecule has 0 unspecified atom stereocenters. The zero-order valence-electron chi connectivity index (χ0n) is 19.5. The third-order valence-electron chi connectivity index (χ3n) is 6.38. The van der Waals surface area contributed by atoms with Gasteiger partial charge in [0.05, 0.1) is 36.3 Å². The van der Waals surface area contributed by atoms with Crippen molar-refractivity contribution in [2.24, 2.45) is 0 Å². The normalized spacial score (nSPS) is 17.5. The minimum atomic E-state index is -0.339. The number of hydrogen-bond acceptors (Lipinski definition) is 3. The molecule has 1 aliphatic rings. The van der Waals surface area contributed by atoms with Crippen LogP contribution in [-0.4, -0.2) is 21.8 Å². The fourth-order valence-electron chi connectivity index (χ4n) is 4.87. The summed E-state index contributed by atoms with van der Waals surface area (Å²) in [7, 11) is 1.64. The summed E-state index contributed by atoms with van der Waals surface area (Å²) in [5.41, 5.74) is 5.03. The number of methoxy groups -OCH3 is 1. The standard InChI is InChI=1S/C27H24ClFN4OS/c1-16-14-19(17(2)32(16)23-15-18(28)11-12-24(23)34-3)26-25(21-9-6-7-13-30-21)31-27(35)33(26)22-10-5-4-8-20(22)29/h4-15,25-26H,1-3H3,(H,31,35)/t25-,26-/m0/s1. The van der Waals surface area contributed by atoms with E-state index in [0.717, 1.165) is 28.3 Å². The quantitative estimate of drug-likeness (QED) is 0.314. The third-order valence-corrected chi connectivity index (χ3v) is 6.93. The van der Waals surface area contributed by atoms with Crippen molar-refractivity contribution in [3.63, 3.8) is 0 Å². The van der Waals surface area contributed by atoms with Gasteiger partial charge < -0.3 is 19.5 Å². The molecular weight excluding hydrogens is 483 g/mol. The Kier molecular flexibility index (Phi) is 6.21. The highest BCUT2D eigenvalue weighted by Crippen LogP contribution is 2.44. The Morgan fingerprint density at radius 1 is 1.03 bits per heavy atom. The van der Waals surface area contributed by atoms with E-state index in [1.165, 1.54) is 6.07 Å². The fourth-order valence-corrected chi connectivity index (χ4v) is 5.38. The van der Waals surface area contributed by atoms with Crippen molar-refractivity contribution >= 4 is 34.6 Å². The molecule has 1 N–H and O–H groups in total. The number of aryl methyl sites for hydroxylation is 1. The molecule has 0 aliphatic carbocycles. The summed E-state index contributed by atoms with van der Waals surface area (Å²) in [5.74, 6) is 0.365. The van der Waals surface area contributed by atoms with Gasteiger partial charge in [-0.15, -0.1) is 0 Å². The predicted octanol–water partition coefficient (Wildman–Crippen LogP) is 6.47. The van der Waals surface area contributed by atoms with E-state index in [4.69, 9.17) is 28.6 Å². The van der Waals surface area contributed by atoms with E-state index in [9.17, 15) is 0 Å². The van der Waals surface area contributed by atoms with Gasteiger partial charge in [-0.25, -0.2) is 4.39 Å². The van der Waals surface area contributed by atoms with Gasteiger partial charge in [-0.2, -0.15) is 0 Å². The summed E-state index contributed by atoms with van der Waals surface area (Å²) in [4.78, 5) is 6.44. The Morgan fingerprint density at radius 2 is 1.80 bits per heavy atom. The van der Waals surface area contributed by atoms with Crippen LogP contribution in [0, 0.1) is 19.7 Å². The molecule has 1 fully saturated rings. The summed E-state index contributed by atoms with van der Waals surface area (Å²) < 4.78 is 22.8. The van der Waals surface area contributed by atoms with Crippen LogP contribution < -0.4 is 15.0 Å². The van der Waals surface area contributed by atoms with Gasteiger partial charge in [0.1, 0.15) is 11.6 Å². The van der Waals surface area contributed by atoms with E-state index in [1.54, 1.807) is 31.5 Å². The number of anilines is 1. The topological polar surface area (TPSA) is 42.3 Å². The van der Waals surface area contributed by atoms with E-state index >= 15 is 4.39 Å². The summed E-state index contributed by atoms with van der Waals surface area (Å²) in [6.45, 7) is 4.07. The lowest BCUT2D eigenvalue weighted by molar-refractivity contribution is 0.412. The lowest BCUT2D eigenvalue weighted by atomic mass is 9.96. The molecule has 1 aliphatic heterocycles. The van der Waals surface area contributed by atoms with Crippen LogP contribution in [0.5, 0.6) is 5.75 Å². The number of ether oxygens (including phenoxy) is 1. The van der Waals surface area contributed by atoms with Crippen LogP contribution in [0.2, 0.25) is 5.02 Å². The first-order valence-electron chi connectivity index (χ1n) is 11.2. The van der Waals surface area contributed by atoms with Crippen LogP contribution in [0.1, 0.15) is 34.7 Å². The van der Waals surface area contributed by atoms with Gasteiger partial charge >= 0.3 is 0 Å².